The fourth-order valence-electron chi connectivity index (χ4n) is 4.91. The van der Waals surface area contributed by atoms with Crippen LogP contribution in [0, 0.1) is 13.8 Å². The molecule has 1 amide bonds. The SMILES string of the molecule is COc1cccc(C2c3[nH]c4ccccc4c3CCN2C(=O)c2cc(C)oc2C)c1OC. The maximum Gasteiger partial charge on any atom is 0.258 e. The molecular formula is C26H26N2O4. The zero-order valence-corrected chi connectivity index (χ0v) is 18.7. The Bertz CT molecular complexity index is 1320. The fraction of sp³-hybridized carbons (Fsp3) is 0.269. The van der Waals surface area contributed by atoms with E-state index in [-0.39, 0.29) is 11.9 Å². The topological polar surface area (TPSA) is 67.7 Å². The number of nitrogens with zero attached hydrogens (tertiary/aromatic N) is 1. The van der Waals surface area contributed by atoms with E-state index in [2.05, 4.69) is 17.1 Å². The second-order valence-electron chi connectivity index (χ2n) is 8.12. The summed E-state index contributed by atoms with van der Waals surface area (Å²) in [5.41, 5.74) is 4.78. The highest BCUT2D eigenvalue weighted by Crippen LogP contribution is 2.44. The van der Waals surface area contributed by atoms with Gasteiger partial charge >= 0.3 is 0 Å². The van der Waals surface area contributed by atoms with Crippen molar-refractivity contribution in [1.82, 2.24) is 9.88 Å². The van der Waals surface area contributed by atoms with Crippen molar-refractivity contribution in [2.45, 2.75) is 26.3 Å². The van der Waals surface area contributed by atoms with Gasteiger partial charge in [0, 0.05) is 28.7 Å². The summed E-state index contributed by atoms with van der Waals surface area (Å²) in [4.78, 5) is 19.3. The van der Waals surface area contributed by atoms with Gasteiger partial charge in [-0.1, -0.05) is 30.3 Å². The lowest BCUT2D eigenvalue weighted by Gasteiger charge is -2.37. The molecule has 2 aromatic heterocycles. The van der Waals surface area contributed by atoms with E-state index in [0.717, 1.165) is 29.0 Å². The maximum atomic E-state index is 13.8. The summed E-state index contributed by atoms with van der Waals surface area (Å²) in [5, 5.41) is 1.19. The number of benzene rings is 2. The van der Waals surface area contributed by atoms with Crippen LogP contribution in [0.1, 0.15) is 44.7 Å². The average molecular weight is 431 g/mol. The van der Waals surface area contributed by atoms with Crippen molar-refractivity contribution in [3.8, 4) is 11.5 Å². The molecule has 1 aliphatic rings. The Morgan fingerprint density at radius 2 is 1.91 bits per heavy atom. The van der Waals surface area contributed by atoms with Crippen LogP contribution in [0.25, 0.3) is 10.9 Å². The minimum atomic E-state index is -0.349. The molecule has 4 aromatic rings. The molecule has 6 nitrogen and oxygen atoms in total. The van der Waals surface area contributed by atoms with E-state index in [1.54, 1.807) is 14.2 Å². The zero-order chi connectivity index (χ0) is 22.4. The number of ether oxygens (including phenoxy) is 2. The number of carbonyl (C=O) groups excluding carboxylic acids is 1. The van der Waals surface area contributed by atoms with E-state index in [1.165, 1.54) is 10.9 Å². The van der Waals surface area contributed by atoms with Crippen molar-refractivity contribution >= 4 is 16.8 Å². The molecule has 0 saturated carbocycles. The van der Waals surface area contributed by atoms with Gasteiger partial charge in [-0.3, -0.25) is 4.79 Å². The lowest BCUT2D eigenvalue weighted by molar-refractivity contribution is 0.0688. The van der Waals surface area contributed by atoms with Gasteiger partial charge in [-0.2, -0.15) is 0 Å². The van der Waals surface area contributed by atoms with Gasteiger partial charge in [0.05, 0.1) is 19.8 Å². The number of furan rings is 1. The van der Waals surface area contributed by atoms with Crippen LogP contribution in [0.4, 0.5) is 0 Å². The van der Waals surface area contributed by atoms with Crippen molar-refractivity contribution in [2.75, 3.05) is 20.8 Å². The number of aromatic nitrogens is 1. The minimum Gasteiger partial charge on any atom is -0.493 e. The number of para-hydroxylation sites is 2. The van der Waals surface area contributed by atoms with Crippen molar-refractivity contribution in [2.24, 2.45) is 0 Å². The highest BCUT2D eigenvalue weighted by molar-refractivity contribution is 5.96. The molecule has 5 rings (SSSR count). The molecule has 0 saturated heterocycles. The minimum absolute atomic E-state index is 0.0569. The van der Waals surface area contributed by atoms with Crippen LogP contribution in [-0.4, -0.2) is 36.6 Å². The van der Waals surface area contributed by atoms with Gasteiger partial charge in [0.1, 0.15) is 17.6 Å². The van der Waals surface area contributed by atoms with E-state index >= 15 is 0 Å². The summed E-state index contributed by atoms with van der Waals surface area (Å²) >= 11 is 0. The monoisotopic (exact) mass is 430 g/mol. The summed E-state index contributed by atoms with van der Waals surface area (Å²) in [6.07, 6.45) is 0.768. The number of hydrogen-bond donors (Lipinski definition) is 1. The van der Waals surface area contributed by atoms with Crippen LogP contribution in [0.15, 0.2) is 52.9 Å². The molecule has 3 heterocycles. The van der Waals surface area contributed by atoms with E-state index in [9.17, 15) is 4.79 Å². The van der Waals surface area contributed by atoms with E-state index in [4.69, 9.17) is 13.9 Å². The molecule has 6 heteroatoms. The van der Waals surface area contributed by atoms with Gasteiger partial charge in [0.2, 0.25) is 0 Å². The number of methoxy groups -OCH3 is 2. The van der Waals surface area contributed by atoms with Gasteiger partial charge in [0.25, 0.3) is 5.91 Å². The second kappa shape index (κ2) is 7.79. The number of nitrogens with one attached hydrogen (secondary N) is 1. The number of hydrogen-bond acceptors (Lipinski definition) is 4. The molecule has 0 aliphatic carbocycles. The molecule has 0 radical (unpaired) electrons. The predicted octanol–water partition coefficient (Wildman–Crippen LogP) is 5.18. The third kappa shape index (κ3) is 3.06. The van der Waals surface area contributed by atoms with Gasteiger partial charge in [0.15, 0.2) is 11.5 Å². The summed E-state index contributed by atoms with van der Waals surface area (Å²) in [6, 6.07) is 15.5. The van der Waals surface area contributed by atoms with Gasteiger partial charge in [-0.15, -0.1) is 0 Å². The Labute approximate surface area is 186 Å². The molecule has 1 aliphatic heterocycles. The number of aryl methyl sites for hydroxylation is 2. The summed E-state index contributed by atoms with van der Waals surface area (Å²) in [7, 11) is 3.25. The molecule has 1 unspecified atom stereocenters. The Morgan fingerprint density at radius 3 is 2.62 bits per heavy atom. The molecule has 1 atom stereocenters. The molecule has 0 spiro atoms. The molecule has 164 valence electrons. The van der Waals surface area contributed by atoms with E-state index in [0.29, 0.717) is 29.4 Å². The van der Waals surface area contributed by atoms with Crippen molar-refractivity contribution in [3.63, 3.8) is 0 Å². The van der Waals surface area contributed by atoms with E-state index < -0.39 is 0 Å². The number of aromatic amines is 1. The number of H-pyrrole nitrogens is 1. The van der Waals surface area contributed by atoms with Gasteiger partial charge in [-0.25, -0.2) is 0 Å². The smallest absolute Gasteiger partial charge is 0.258 e. The maximum absolute atomic E-state index is 13.8. The molecule has 0 bridgehead atoms. The molecule has 1 N–H and O–H groups in total. The Kier molecular flexibility index (Phi) is 4.93. The quantitative estimate of drug-likeness (QED) is 0.484. The van der Waals surface area contributed by atoms with Crippen LogP contribution in [0.2, 0.25) is 0 Å². The normalized spacial score (nSPS) is 15.6. The van der Waals surface area contributed by atoms with Crippen LogP contribution in [-0.2, 0) is 6.42 Å². The van der Waals surface area contributed by atoms with Crippen molar-refractivity contribution in [3.05, 3.63) is 82.4 Å². The van der Waals surface area contributed by atoms with Crippen LogP contribution in [0.5, 0.6) is 11.5 Å². The largest absolute Gasteiger partial charge is 0.493 e. The highest BCUT2D eigenvalue weighted by Gasteiger charge is 2.38. The Balaban J connectivity index is 1.73. The van der Waals surface area contributed by atoms with Crippen LogP contribution < -0.4 is 9.47 Å². The predicted molar refractivity (Wildman–Crippen MR) is 123 cm³/mol. The standard InChI is InChI=1S/C26H26N2O4/c1-15-14-20(16(2)32-15)26(29)28-13-12-18-17-8-5-6-10-21(17)27-23(18)24(28)19-9-7-11-22(30-3)25(19)31-4/h5-11,14,24,27H,12-13H2,1-4H3. The van der Waals surface area contributed by atoms with Crippen LogP contribution in [0.3, 0.4) is 0 Å². The lowest BCUT2D eigenvalue weighted by Crippen LogP contribution is -2.40. The Hall–Kier alpha value is -3.67. The summed E-state index contributed by atoms with van der Waals surface area (Å²) < 4.78 is 17.0. The first-order valence-electron chi connectivity index (χ1n) is 10.7. The van der Waals surface area contributed by atoms with Crippen molar-refractivity contribution in [1.29, 1.82) is 0 Å². The molecule has 2 aromatic carbocycles. The first-order chi connectivity index (χ1) is 15.5. The lowest BCUT2D eigenvalue weighted by atomic mass is 9.91. The number of amides is 1. The summed E-state index contributed by atoms with van der Waals surface area (Å²) in [6.45, 7) is 4.28. The first-order valence-corrected chi connectivity index (χ1v) is 10.7. The third-order valence-corrected chi connectivity index (χ3v) is 6.29. The molecule has 32 heavy (non-hydrogen) atoms. The zero-order valence-electron chi connectivity index (χ0n) is 18.7. The van der Waals surface area contributed by atoms with Gasteiger partial charge in [-0.05, 0) is 44.0 Å². The first kappa shape index (κ1) is 20.2. The number of rotatable bonds is 4. The number of fused-ring (bicyclic) bond motifs is 3. The third-order valence-electron chi connectivity index (χ3n) is 6.29. The molecular weight excluding hydrogens is 404 g/mol. The number of carbonyl (C=O) groups is 1. The fourth-order valence-corrected chi connectivity index (χ4v) is 4.91. The average Bonchev–Trinajstić information content (AvgIpc) is 3.36. The summed E-state index contributed by atoms with van der Waals surface area (Å²) in [5.74, 6) is 2.56. The molecule has 0 fully saturated rings. The van der Waals surface area contributed by atoms with Gasteiger partial charge < -0.3 is 23.8 Å². The van der Waals surface area contributed by atoms with Crippen molar-refractivity contribution < 1.29 is 18.7 Å². The second-order valence-corrected chi connectivity index (χ2v) is 8.12. The Morgan fingerprint density at radius 1 is 1.09 bits per heavy atom. The van der Waals surface area contributed by atoms with Crippen LogP contribution >= 0.6 is 0 Å². The van der Waals surface area contributed by atoms with E-state index in [1.807, 2.05) is 55.1 Å². The highest BCUT2D eigenvalue weighted by atomic mass is 16.5.